The molecule has 0 saturated carbocycles. The number of carbonyl (C=O) groups is 2. The van der Waals surface area contributed by atoms with E-state index < -0.39 is 32.4 Å². The van der Waals surface area contributed by atoms with E-state index in [0.29, 0.717) is 38.1 Å². The highest BCUT2D eigenvalue weighted by atomic mass is 32.2. The molecule has 1 aromatic carbocycles. The number of likely N-dealkylation sites (tertiary alicyclic amines) is 1. The second-order valence-electron chi connectivity index (χ2n) is 7.84. The van der Waals surface area contributed by atoms with Crippen molar-refractivity contribution in [2.45, 2.75) is 17.7 Å². The number of piperidine rings is 1. The van der Waals surface area contributed by atoms with Crippen molar-refractivity contribution in [3.63, 3.8) is 0 Å². The van der Waals surface area contributed by atoms with Gasteiger partial charge >= 0.3 is 6.03 Å². The van der Waals surface area contributed by atoms with E-state index in [-0.39, 0.29) is 44.0 Å². The van der Waals surface area contributed by atoms with E-state index in [1.807, 2.05) is 0 Å². The number of piperazine rings is 1. The number of rotatable bonds is 3. The summed E-state index contributed by atoms with van der Waals surface area (Å²) in [5, 5.41) is 0. The molecule has 0 radical (unpaired) electrons. The lowest BCUT2D eigenvalue weighted by molar-refractivity contribution is -0.138. The average Bonchev–Trinajstić information content (AvgIpc) is 2.76. The first-order chi connectivity index (χ1) is 14.5. The smallest absolute Gasteiger partial charge is 0.319 e. The molecule has 3 rings (SSSR count). The van der Waals surface area contributed by atoms with Crippen molar-refractivity contribution < 1.29 is 31.2 Å². The van der Waals surface area contributed by atoms with Gasteiger partial charge in [-0.25, -0.2) is 26.4 Å². The average molecular weight is 462 g/mol. The number of urea groups is 1. The summed E-state index contributed by atoms with van der Waals surface area (Å²) < 4.78 is 66.9. The summed E-state index contributed by atoms with van der Waals surface area (Å²) >= 11 is 0. The number of sulfonamides is 1. The first kappa shape index (κ1) is 23.3. The Morgan fingerprint density at radius 1 is 0.903 bits per heavy atom. The lowest BCUT2D eigenvalue weighted by Gasteiger charge is -2.38. The van der Waals surface area contributed by atoms with E-state index >= 15 is 0 Å². The number of hydrogen-bond acceptors (Lipinski definition) is 4. The standard InChI is InChI=1S/C19H25F3N4O4S/c1-23(2)19(28)25-7-5-13(6-8-25)18(27)24-9-11-26(12-10-24)31(29,30)15-4-3-14(20)16(21)17(15)22/h3-4,13H,5-12H2,1-2H3. The normalized spacial score (nSPS) is 18.9. The zero-order valence-corrected chi connectivity index (χ0v) is 18.2. The fourth-order valence-electron chi connectivity index (χ4n) is 3.85. The Morgan fingerprint density at radius 2 is 1.48 bits per heavy atom. The topological polar surface area (TPSA) is 81.2 Å². The highest BCUT2D eigenvalue weighted by Crippen LogP contribution is 2.25. The van der Waals surface area contributed by atoms with Crippen molar-refractivity contribution >= 4 is 22.0 Å². The lowest BCUT2D eigenvalue weighted by atomic mass is 9.95. The minimum Gasteiger partial charge on any atom is -0.340 e. The third-order valence-corrected chi connectivity index (χ3v) is 7.58. The maximum atomic E-state index is 14.0. The highest BCUT2D eigenvalue weighted by molar-refractivity contribution is 7.89. The summed E-state index contributed by atoms with van der Waals surface area (Å²) in [7, 11) is -1.03. The number of halogens is 3. The van der Waals surface area contributed by atoms with Crippen LogP contribution in [-0.4, -0.2) is 92.7 Å². The molecule has 12 heteroatoms. The van der Waals surface area contributed by atoms with Crippen LogP contribution in [0.25, 0.3) is 0 Å². The van der Waals surface area contributed by atoms with Crippen molar-refractivity contribution in [2.24, 2.45) is 5.92 Å². The van der Waals surface area contributed by atoms with E-state index in [0.717, 1.165) is 4.31 Å². The Balaban J connectivity index is 1.59. The van der Waals surface area contributed by atoms with Crippen LogP contribution in [0.5, 0.6) is 0 Å². The zero-order valence-electron chi connectivity index (χ0n) is 17.4. The van der Waals surface area contributed by atoms with Gasteiger partial charge in [-0.05, 0) is 25.0 Å². The summed E-state index contributed by atoms with van der Waals surface area (Å²) in [5.41, 5.74) is 0. The van der Waals surface area contributed by atoms with E-state index in [1.165, 1.54) is 4.90 Å². The molecule has 2 fully saturated rings. The number of benzene rings is 1. The van der Waals surface area contributed by atoms with Crippen LogP contribution >= 0.6 is 0 Å². The van der Waals surface area contributed by atoms with Crippen LogP contribution in [0.3, 0.4) is 0 Å². The molecule has 2 aliphatic heterocycles. The largest absolute Gasteiger partial charge is 0.340 e. The van der Waals surface area contributed by atoms with Gasteiger partial charge in [-0.1, -0.05) is 0 Å². The minimum absolute atomic E-state index is 0.0789. The Kier molecular flexibility index (Phi) is 6.79. The molecule has 0 spiro atoms. The van der Waals surface area contributed by atoms with Crippen LogP contribution in [0.1, 0.15) is 12.8 Å². The van der Waals surface area contributed by atoms with Crippen LogP contribution in [-0.2, 0) is 14.8 Å². The van der Waals surface area contributed by atoms with Crippen molar-refractivity contribution in [2.75, 3.05) is 53.4 Å². The minimum atomic E-state index is -4.37. The van der Waals surface area contributed by atoms with Crippen molar-refractivity contribution in [1.29, 1.82) is 0 Å². The van der Waals surface area contributed by atoms with Crippen LogP contribution in [0.15, 0.2) is 17.0 Å². The monoisotopic (exact) mass is 462 g/mol. The molecule has 31 heavy (non-hydrogen) atoms. The van der Waals surface area contributed by atoms with Gasteiger partial charge in [-0.15, -0.1) is 0 Å². The predicted molar refractivity (Wildman–Crippen MR) is 105 cm³/mol. The third-order valence-electron chi connectivity index (χ3n) is 5.67. The molecule has 0 atom stereocenters. The molecular formula is C19H25F3N4O4S. The maximum Gasteiger partial charge on any atom is 0.319 e. The van der Waals surface area contributed by atoms with Gasteiger partial charge in [0.2, 0.25) is 15.9 Å². The van der Waals surface area contributed by atoms with Crippen LogP contribution in [0, 0.1) is 23.4 Å². The molecule has 0 N–H and O–H groups in total. The number of hydrogen-bond donors (Lipinski definition) is 0. The SMILES string of the molecule is CN(C)C(=O)N1CCC(C(=O)N2CCN(S(=O)(=O)c3ccc(F)c(F)c3F)CC2)CC1. The molecule has 2 heterocycles. The number of nitrogens with zero attached hydrogens (tertiary/aromatic N) is 4. The van der Waals surface area contributed by atoms with Gasteiger partial charge in [-0.2, -0.15) is 4.31 Å². The second-order valence-corrected chi connectivity index (χ2v) is 9.75. The maximum absolute atomic E-state index is 14.0. The Bertz CT molecular complexity index is 957. The quantitative estimate of drug-likeness (QED) is 0.635. The van der Waals surface area contributed by atoms with Crippen molar-refractivity contribution in [1.82, 2.24) is 19.0 Å². The highest BCUT2D eigenvalue weighted by Gasteiger charge is 2.36. The Morgan fingerprint density at radius 3 is 2.03 bits per heavy atom. The first-order valence-corrected chi connectivity index (χ1v) is 11.4. The van der Waals surface area contributed by atoms with Gasteiger partial charge in [0, 0.05) is 59.3 Å². The molecule has 3 amide bonds. The zero-order chi connectivity index (χ0) is 22.9. The fourth-order valence-corrected chi connectivity index (χ4v) is 5.33. The Labute approximate surface area is 179 Å². The number of amides is 3. The Hall–Kier alpha value is -2.34. The molecule has 0 aliphatic carbocycles. The van der Waals surface area contributed by atoms with E-state index in [4.69, 9.17) is 0 Å². The molecular weight excluding hydrogens is 437 g/mol. The molecule has 0 aromatic heterocycles. The molecule has 8 nitrogen and oxygen atoms in total. The first-order valence-electron chi connectivity index (χ1n) is 9.92. The van der Waals surface area contributed by atoms with E-state index in [1.54, 1.807) is 23.9 Å². The predicted octanol–water partition coefficient (Wildman–Crippen LogP) is 1.33. The summed E-state index contributed by atoms with van der Waals surface area (Å²) in [6.45, 7) is 1.00. The number of carbonyl (C=O) groups excluding carboxylic acids is 2. The molecule has 0 bridgehead atoms. The summed E-state index contributed by atoms with van der Waals surface area (Å²) in [4.78, 5) is 28.6. The van der Waals surface area contributed by atoms with Gasteiger partial charge in [0.25, 0.3) is 0 Å². The second kappa shape index (κ2) is 9.03. The molecule has 2 saturated heterocycles. The van der Waals surface area contributed by atoms with Gasteiger partial charge in [0.05, 0.1) is 0 Å². The fraction of sp³-hybridized carbons (Fsp3) is 0.579. The van der Waals surface area contributed by atoms with Crippen molar-refractivity contribution in [3.8, 4) is 0 Å². The van der Waals surface area contributed by atoms with Gasteiger partial charge in [0.1, 0.15) is 4.90 Å². The molecule has 2 aliphatic rings. The van der Waals surface area contributed by atoms with E-state index in [2.05, 4.69) is 0 Å². The molecule has 0 unspecified atom stereocenters. The molecule has 1 aromatic rings. The molecule has 172 valence electrons. The van der Waals surface area contributed by atoms with Crippen LogP contribution < -0.4 is 0 Å². The van der Waals surface area contributed by atoms with Crippen molar-refractivity contribution in [3.05, 3.63) is 29.6 Å². The summed E-state index contributed by atoms with van der Waals surface area (Å²) in [5.74, 6) is -5.41. The summed E-state index contributed by atoms with van der Waals surface area (Å²) in [6, 6.07) is 1.16. The van der Waals surface area contributed by atoms with Crippen LogP contribution in [0.4, 0.5) is 18.0 Å². The van der Waals surface area contributed by atoms with Crippen LogP contribution in [0.2, 0.25) is 0 Å². The van der Waals surface area contributed by atoms with Gasteiger partial charge in [-0.3, -0.25) is 4.79 Å². The lowest BCUT2D eigenvalue weighted by Crippen LogP contribution is -2.53. The summed E-state index contributed by atoms with van der Waals surface area (Å²) in [6.07, 6.45) is 1.05. The van der Waals surface area contributed by atoms with Gasteiger partial charge in [0.15, 0.2) is 17.5 Å². The van der Waals surface area contributed by atoms with E-state index in [9.17, 15) is 31.2 Å². The third kappa shape index (κ3) is 4.64. The van der Waals surface area contributed by atoms with Gasteiger partial charge < -0.3 is 14.7 Å².